The molecule has 0 bridgehead atoms. The van der Waals surface area contributed by atoms with Gasteiger partial charge >= 0.3 is 12.1 Å². The molecular weight excluding hydrogens is 246 g/mol. The van der Waals surface area contributed by atoms with Crippen LogP contribution in [0.1, 0.15) is 26.7 Å². The number of ether oxygens (including phenoxy) is 2. The topological polar surface area (TPSA) is 55.8 Å². The third kappa shape index (κ3) is 1.41. The fraction of sp³-hybridized carbons (Fsp3) is 0.714. The van der Waals surface area contributed by atoms with Gasteiger partial charge in [0.15, 0.2) is 12.3 Å². The van der Waals surface area contributed by atoms with Crippen molar-refractivity contribution in [1.29, 1.82) is 0 Å². The van der Waals surface area contributed by atoms with Crippen molar-refractivity contribution in [3.63, 3.8) is 0 Å². The monoisotopic (exact) mass is 265 g/mol. The van der Waals surface area contributed by atoms with Gasteiger partial charge in [-0.1, -0.05) is 26.5 Å². The number of fused-ring (bicyclic) bond motifs is 2. The standard InChI is InChI=1S/C14H19NO4/c1-4-7-18-12(17)15-8-19-11(16)14(15)6-5-9-10(14)13(9,2)3/h4,9-10H,1,5-8H2,2-3H3. The van der Waals surface area contributed by atoms with Crippen LogP contribution in [-0.4, -0.2) is 35.8 Å². The van der Waals surface area contributed by atoms with Crippen molar-refractivity contribution < 1.29 is 19.1 Å². The van der Waals surface area contributed by atoms with Crippen molar-refractivity contribution in [3.8, 4) is 0 Å². The molecule has 5 heteroatoms. The molecule has 1 aliphatic heterocycles. The Morgan fingerprint density at radius 2 is 2.37 bits per heavy atom. The summed E-state index contributed by atoms with van der Waals surface area (Å²) >= 11 is 0. The van der Waals surface area contributed by atoms with Crippen LogP contribution < -0.4 is 0 Å². The second kappa shape index (κ2) is 3.74. The fourth-order valence-electron chi connectivity index (χ4n) is 4.19. The maximum Gasteiger partial charge on any atom is 0.413 e. The number of esters is 1. The van der Waals surface area contributed by atoms with E-state index < -0.39 is 11.6 Å². The molecule has 5 nitrogen and oxygen atoms in total. The lowest BCUT2D eigenvalue weighted by Gasteiger charge is -2.32. The van der Waals surface area contributed by atoms with Gasteiger partial charge in [0.1, 0.15) is 6.61 Å². The number of hydrogen-bond donors (Lipinski definition) is 0. The van der Waals surface area contributed by atoms with E-state index in [-0.39, 0.29) is 30.6 Å². The molecule has 2 aliphatic carbocycles. The smallest absolute Gasteiger partial charge is 0.413 e. The predicted octanol–water partition coefficient (Wildman–Crippen LogP) is 1.93. The molecule has 3 aliphatic rings. The Morgan fingerprint density at radius 1 is 1.63 bits per heavy atom. The van der Waals surface area contributed by atoms with Gasteiger partial charge in [-0.2, -0.15) is 0 Å². The molecule has 3 fully saturated rings. The van der Waals surface area contributed by atoms with Crippen LogP contribution in [0.5, 0.6) is 0 Å². The van der Waals surface area contributed by atoms with Crippen LogP contribution in [0.3, 0.4) is 0 Å². The summed E-state index contributed by atoms with van der Waals surface area (Å²) in [5, 5.41) is 0. The van der Waals surface area contributed by atoms with Gasteiger partial charge in [0, 0.05) is 5.92 Å². The fourth-order valence-corrected chi connectivity index (χ4v) is 4.19. The van der Waals surface area contributed by atoms with E-state index in [4.69, 9.17) is 9.47 Å². The zero-order chi connectivity index (χ0) is 13.8. The first-order chi connectivity index (χ1) is 8.96. The normalized spacial score (nSPS) is 38.0. The van der Waals surface area contributed by atoms with Gasteiger partial charge in [-0.25, -0.2) is 9.59 Å². The van der Waals surface area contributed by atoms with Gasteiger partial charge in [0.25, 0.3) is 0 Å². The average Bonchev–Trinajstić information content (AvgIpc) is 2.71. The van der Waals surface area contributed by atoms with E-state index in [9.17, 15) is 9.59 Å². The second-order valence-corrected chi connectivity index (χ2v) is 6.22. The van der Waals surface area contributed by atoms with Crippen molar-refractivity contribution in [2.75, 3.05) is 13.3 Å². The lowest BCUT2D eigenvalue weighted by molar-refractivity contribution is -0.143. The molecule has 0 radical (unpaired) electrons. The highest BCUT2D eigenvalue weighted by atomic mass is 16.6. The Morgan fingerprint density at radius 3 is 2.95 bits per heavy atom. The summed E-state index contributed by atoms with van der Waals surface area (Å²) in [7, 11) is 0. The van der Waals surface area contributed by atoms with Crippen LogP contribution in [0.2, 0.25) is 0 Å². The highest BCUT2D eigenvalue weighted by molar-refractivity contribution is 5.90. The maximum absolute atomic E-state index is 12.2. The molecule has 3 rings (SSSR count). The third-order valence-electron chi connectivity index (χ3n) is 5.11. The molecule has 3 unspecified atom stereocenters. The van der Waals surface area contributed by atoms with Gasteiger partial charge in [-0.15, -0.1) is 0 Å². The molecule has 1 saturated heterocycles. The van der Waals surface area contributed by atoms with Crippen LogP contribution in [0.15, 0.2) is 12.7 Å². The molecule has 1 spiro atoms. The zero-order valence-corrected chi connectivity index (χ0v) is 11.3. The van der Waals surface area contributed by atoms with E-state index in [1.54, 1.807) is 0 Å². The summed E-state index contributed by atoms with van der Waals surface area (Å²) in [4.78, 5) is 25.8. The summed E-state index contributed by atoms with van der Waals surface area (Å²) in [6.07, 6.45) is 2.70. The van der Waals surface area contributed by atoms with Crippen molar-refractivity contribution >= 4 is 12.1 Å². The molecule has 2 saturated carbocycles. The van der Waals surface area contributed by atoms with Gasteiger partial charge in [0.05, 0.1) is 0 Å². The lowest BCUT2D eigenvalue weighted by atomic mass is 9.85. The zero-order valence-electron chi connectivity index (χ0n) is 11.3. The van der Waals surface area contributed by atoms with Gasteiger partial charge < -0.3 is 9.47 Å². The van der Waals surface area contributed by atoms with E-state index in [1.165, 1.54) is 11.0 Å². The summed E-state index contributed by atoms with van der Waals surface area (Å²) in [5.74, 6) is 0.445. The van der Waals surface area contributed by atoms with E-state index in [1.807, 2.05) is 0 Å². The Bertz CT molecular complexity index is 458. The number of nitrogens with zero attached hydrogens (tertiary/aromatic N) is 1. The average molecular weight is 265 g/mol. The van der Waals surface area contributed by atoms with Crippen LogP contribution in [0, 0.1) is 17.3 Å². The van der Waals surface area contributed by atoms with Gasteiger partial charge in [-0.3, -0.25) is 4.90 Å². The SMILES string of the molecule is C=CCOC(=O)N1COC(=O)C12CCC1C2C1(C)C. The summed E-state index contributed by atoms with van der Waals surface area (Å²) < 4.78 is 10.2. The van der Waals surface area contributed by atoms with Crippen molar-refractivity contribution in [2.24, 2.45) is 17.3 Å². The third-order valence-corrected chi connectivity index (χ3v) is 5.11. The maximum atomic E-state index is 12.2. The molecular formula is C14H19NO4. The van der Waals surface area contributed by atoms with E-state index in [0.717, 1.165) is 6.42 Å². The van der Waals surface area contributed by atoms with Crippen molar-refractivity contribution in [3.05, 3.63) is 12.7 Å². The first kappa shape index (κ1) is 12.5. The minimum absolute atomic E-state index is 0.00805. The highest BCUT2D eigenvalue weighted by Gasteiger charge is 2.77. The molecule has 0 N–H and O–H groups in total. The van der Waals surface area contributed by atoms with Gasteiger partial charge in [0.2, 0.25) is 0 Å². The molecule has 3 atom stereocenters. The first-order valence-electron chi connectivity index (χ1n) is 6.68. The Balaban J connectivity index is 1.87. The van der Waals surface area contributed by atoms with Crippen molar-refractivity contribution in [1.82, 2.24) is 4.90 Å². The molecule has 1 amide bonds. The van der Waals surface area contributed by atoms with Crippen LogP contribution >= 0.6 is 0 Å². The summed E-state index contributed by atoms with van der Waals surface area (Å²) in [6, 6.07) is 0. The highest BCUT2D eigenvalue weighted by Crippen LogP contribution is 2.72. The number of carbonyl (C=O) groups is 2. The Kier molecular flexibility index (Phi) is 2.46. The number of rotatable bonds is 2. The van der Waals surface area contributed by atoms with E-state index in [0.29, 0.717) is 12.3 Å². The number of amides is 1. The minimum Gasteiger partial charge on any atom is -0.445 e. The van der Waals surface area contributed by atoms with Gasteiger partial charge in [-0.05, 0) is 24.2 Å². The molecule has 0 aromatic carbocycles. The largest absolute Gasteiger partial charge is 0.445 e. The predicted molar refractivity (Wildman–Crippen MR) is 67.1 cm³/mol. The first-order valence-corrected chi connectivity index (χ1v) is 6.68. The van der Waals surface area contributed by atoms with E-state index >= 15 is 0 Å². The molecule has 19 heavy (non-hydrogen) atoms. The molecule has 0 aromatic heterocycles. The summed E-state index contributed by atoms with van der Waals surface area (Å²) in [6.45, 7) is 7.98. The second-order valence-electron chi connectivity index (χ2n) is 6.22. The van der Waals surface area contributed by atoms with Crippen LogP contribution in [-0.2, 0) is 14.3 Å². The number of carbonyl (C=O) groups excluding carboxylic acids is 2. The molecule has 1 heterocycles. The quantitative estimate of drug-likeness (QED) is 0.565. The Hall–Kier alpha value is -1.52. The summed E-state index contributed by atoms with van der Waals surface area (Å²) in [5.41, 5.74) is -0.676. The molecule has 0 aromatic rings. The molecule has 104 valence electrons. The number of cyclic esters (lactones) is 1. The van der Waals surface area contributed by atoms with Crippen LogP contribution in [0.25, 0.3) is 0 Å². The Labute approximate surface area is 112 Å². The number of hydrogen-bond acceptors (Lipinski definition) is 4. The van der Waals surface area contributed by atoms with E-state index in [2.05, 4.69) is 20.4 Å². The van der Waals surface area contributed by atoms with Crippen LogP contribution in [0.4, 0.5) is 4.79 Å². The minimum atomic E-state index is -0.785. The van der Waals surface area contributed by atoms with Crippen molar-refractivity contribution in [2.45, 2.75) is 32.2 Å². The lowest BCUT2D eigenvalue weighted by Crippen LogP contribution is -2.53.